The van der Waals surface area contributed by atoms with Gasteiger partial charge in [-0.1, -0.05) is 49.1 Å². The van der Waals surface area contributed by atoms with Crippen LogP contribution in [0.2, 0.25) is 5.02 Å². The van der Waals surface area contributed by atoms with Gasteiger partial charge in [-0.2, -0.15) is 0 Å². The summed E-state index contributed by atoms with van der Waals surface area (Å²) in [7, 11) is 2.15. The van der Waals surface area contributed by atoms with Crippen molar-refractivity contribution in [1.82, 2.24) is 14.9 Å². The summed E-state index contributed by atoms with van der Waals surface area (Å²) < 4.78 is 16.3. The predicted molar refractivity (Wildman–Crippen MR) is 128 cm³/mol. The van der Waals surface area contributed by atoms with Gasteiger partial charge in [-0.05, 0) is 63.3 Å². The Bertz CT molecular complexity index is 755. The van der Waals surface area contributed by atoms with Crippen molar-refractivity contribution in [2.24, 2.45) is 0 Å². The van der Waals surface area contributed by atoms with E-state index in [4.69, 9.17) is 11.6 Å². The molecule has 0 bridgehead atoms. The molecule has 0 aliphatic rings. The van der Waals surface area contributed by atoms with Gasteiger partial charge >= 0.3 is 0 Å². The Labute approximate surface area is 192 Å². The second-order valence-corrected chi connectivity index (χ2v) is 10.4. The number of hydrogen-bond acceptors (Lipinski definition) is 5. The van der Waals surface area contributed by atoms with Gasteiger partial charge in [-0.15, -0.1) is 4.72 Å². The third-order valence-corrected chi connectivity index (χ3v) is 7.50. The van der Waals surface area contributed by atoms with E-state index in [2.05, 4.69) is 28.9 Å². The average Bonchev–Trinajstić information content (AvgIpc) is 3.22. The molecule has 5 nitrogen and oxygen atoms in total. The topological polar surface area (TPSA) is 67.4 Å². The summed E-state index contributed by atoms with van der Waals surface area (Å²) in [5, 5.41) is 3.48. The highest BCUT2D eigenvalue weighted by Crippen LogP contribution is 2.21. The summed E-state index contributed by atoms with van der Waals surface area (Å²) in [6.07, 6.45) is 6.08. The van der Waals surface area contributed by atoms with Crippen LogP contribution in [0.1, 0.15) is 54.3 Å². The number of carbonyl (C=O) groups excluding carboxylic acids is 1. The largest absolute Gasteiger partial charge is 0.592 e. The molecular weight excluding hydrogens is 438 g/mol. The maximum atomic E-state index is 12.4. The number of thiophene rings is 1. The van der Waals surface area contributed by atoms with Crippen LogP contribution in [0, 0.1) is 0 Å². The molecule has 2 aromatic rings. The lowest BCUT2D eigenvalue weighted by atomic mass is 10.2. The minimum Gasteiger partial charge on any atom is -0.592 e. The van der Waals surface area contributed by atoms with E-state index in [-0.39, 0.29) is 5.91 Å². The van der Waals surface area contributed by atoms with Crippen LogP contribution in [0.5, 0.6) is 0 Å². The first-order valence-corrected chi connectivity index (χ1v) is 12.8. The zero-order valence-corrected chi connectivity index (χ0v) is 20.2. The molecule has 0 saturated carbocycles. The highest BCUT2D eigenvalue weighted by molar-refractivity contribution is 7.91. The van der Waals surface area contributed by atoms with Crippen molar-refractivity contribution in [3.63, 3.8) is 0 Å². The van der Waals surface area contributed by atoms with Crippen molar-refractivity contribution >= 4 is 40.2 Å². The summed E-state index contributed by atoms with van der Waals surface area (Å²) in [6.45, 7) is 5.48. The fourth-order valence-electron chi connectivity index (χ4n) is 2.93. The molecule has 0 spiro atoms. The molecule has 0 aliphatic carbocycles. The van der Waals surface area contributed by atoms with Crippen LogP contribution in [0.25, 0.3) is 0 Å². The third-order valence-electron chi connectivity index (χ3n) is 4.69. The highest BCUT2D eigenvalue weighted by atomic mass is 35.5. The summed E-state index contributed by atoms with van der Waals surface area (Å²) in [4.78, 5) is 15.5. The van der Waals surface area contributed by atoms with Crippen LogP contribution in [0.4, 0.5) is 0 Å². The lowest BCUT2D eigenvalue weighted by Gasteiger charge is -2.16. The van der Waals surface area contributed by atoms with Crippen molar-refractivity contribution in [2.45, 2.75) is 49.8 Å². The van der Waals surface area contributed by atoms with Gasteiger partial charge in [0.05, 0.1) is 17.9 Å². The molecule has 1 atom stereocenters. The van der Waals surface area contributed by atoms with E-state index in [1.54, 1.807) is 24.3 Å². The molecule has 0 fully saturated rings. The van der Waals surface area contributed by atoms with Gasteiger partial charge in [0.15, 0.2) is 0 Å². The number of rotatable bonds is 14. The van der Waals surface area contributed by atoms with Gasteiger partial charge in [0.2, 0.25) is 4.21 Å². The number of hydrogen-bond donors (Lipinski definition) is 2. The predicted octanol–water partition coefficient (Wildman–Crippen LogP) is 4.85. The molecule has 0 aliphatic heterocycles. The van der Waals surface area contributed by atoms with E-state index >= 15 is 0 Å². The first kappa shape index (κ1) is 25.2. The van der Waals surface area contributed by atoms with Gasteiger partial charge in [0, 0.05) is 28.1 Å². The van der Waals surface area contributed by atoms with Crippen molar-refractivity contribution in [3.05, 3.63) is 51.9 Å². The van der Waals surface area contributed by atoms with E-state index < -0.39 is 11.4 Å². The maximum absolute atomic E-state index is 12.4. The molecular formula is C22H32ClN3O2S2. The number of carbonyl (C=O) groups is 1. The monoisotopic (exact) mass is 469 g/mol. The van der Waals surface area contributed by atoms with Gasteiger partial charge in [0.25, 0.3) is 5.91 Å². The lowest BCUT2D eigenvalue weighted by Crippen LogP contribution is -2.28. The summed E-state index contributed by atoms with van der Waals surface area (Å²) in [5.41, 5.74) is 0.566. The molecule has 0 radical (unpaired) electrons. The first-order chi connectivity index (χ1) is 14.5. The van der Waals surface area contributed by atoms with E-state index in [0.29, 0.717) is 23.7 Å². The summed E-state index contributed by atoms with van der Waals surface area (Å²) >= 11 is 6.08. The van der Waals surface area contributed by atoms with Gasteiger partial charge in [-0.3, -0.25) is 4.79 Å². The van der Waals surface area contributed by atoms with Crippen molar-refractivity contribution in [2.75, 3.05) is 26.7 Å². The molecule has 30 heavy (non-hydrogen) atoms. The second-order valence-electron chi connectivity index (χ2n) is 7.29. The minimum atomic E-state index is -1.22. The van der Waals surface area contributed by atoms with Gasteiger partial charge < -0.3 is 14.8 Å². The van der Waals surface area contributed by atoms with Crippen LogP contribution >= 0.6 is 22.9 Å². The SMILES string of the molecule is CCCCCCN(C)CCCN[S+]([O-])c1ccc(CNC(=O)c2ccc(Cl)cc2)s1. The molecule has 1 unspecified atom stereocenters. The maximum Gasteiger partial charge on any atom is 0.251 e. The molecule has 2 N–H and O–H groups in total. The zero-order chi connectivity index (χ0) is 21.8. The van der Waals surface area contributed by atoms with Crippen molar-refractivity contribution < 1.29 is 9.35 Å². The fraction of sp³-hybridized carbons (Fsp3) is 0.500. The molecule has 166 valence electrons. The Hall–Kier alpha value is -1.09. The van der Waals surface area contributed by atoms with Crippen molar-refractivity contribution in [3.8, 4) is 0 Å². The fourth-order valence-corrected chi connectivity index (χ4v) is 5.19. The van der Waals surface area contributed by atoms with E-state index in [1.165, 1.54) is 37.0 Å². The quantitative estimate of drug-likeness (QED) is 0.306. The number of nitrogens with zero attached hydrogens (tertiary/aromatic N) is 1. The first-order valence-electron chi connectivity index (χ1n) is 10.5. The Kier molecular flexibility index (Phi) is 11.8. The Morgan fingerprint density at radius 3 is 2.57 bits per heavy atom. The number of unbranched alkanes of at least 4 members (excludes halogenated alkanes) is 3. The number of benzene rings is 1. The Morgan fingerprint density at radius 2 is 1.83 bits per heavy atom. The number of nitrogens with one attached hydrogen (secondary N) is 2. The van der Waals surface area contributed by atoms with Crippen molar-refractivity contribution in [1.29, 1.82) is 0 Å². The second kappa shape index (κ2) is 14.1. The van der Waals surface area contributed by atoms with E-state index in [1.807, 2.05) is 12.1 Å². The normalized spacial score (nSPS) is 12.3. The van der Waals surface area contributed by atoms with E-state index in [0.717, 1.165) is 28.6 Å². The number of amides is 1. The van der Waals surface area contributed by atoms with Crippen LogP contribution in [0.3, 0.4) is 0 Å². The highest BCUT2D eigenvalue weighted by Gasteiger charge is 2.15. The molecule has 1 amide bonds. The Morgan fingerprint density at radius 1 is 1.10 bits per heavy atom. The smallest absolute Gasteiger partial charge is 0.251 e. The zero-order valence-electron chi connectivity index (χ0n) is 17.8. The molecule has 8 heteroatoms. The van der Waals surface area contributed by atoms with Gasteiger partial charge in [0.1, 0.15) is 0 Å². The molecule has 1 aromatic carbocycles. The standard InChI is InChI=1S/C22H32ClN3O2S2/c1-3-4-5-6-15-26(2)16-7-14-25-30(28)21-13-12-20(29-21)17-24-22(27)18-8-10-19(23)11-9-18/h8-13,25H,3-7,14-17H2,1-2H3,(H,24,27). The molecule has 0 saturated heterocycles. The molecule has 1 heterocycles. The summed E-state index contributed by atoms with van der Waals surface area (Å²) in [6, 6.07) is 10.5. The van der Waals surface area contributed by atoms with Crippen LogP contribution in [0.15, 0.2) is 40.6 Å². The minimum absolute atomic E-state index is 0.153. The van der Waals surface area contributed by atoms with E-state index in [9.17, 15) is 9.35 Å². The van der Waals surface area contributed by atoms with Gasteiger partial charge in [-0.25, -0.2) is 0 Å². The third kappa shape index (κ3) is 9.37. The average molecular weight is 470 g/mol. The number of halogens is 1. The summed E-state index contributed by atoms with van der Waals surface area (Å²) in [5.74, 6) is -0.153. The van der Waals surface area contributed by atoms with Crippen LogP contribution in [-0.2, 0) is 17.9 Å². The lowest BCUT2D eigenvalue weighted by molar-refractivity contribution is 0.0951. The van der Waals surface area contributed by atoms with Crippen LogP contribution < -0.4 is 10.0 Å². The van der Waals surface area contributed by atoms with Crippen LogP contribution in [-0.4, -0.2) is 42.0 Å². The molecule has 1 aromatic heterocycles. The Balaban J connectivity index is 1.65. The molecule has 2 rings (SSSR count).